The number of aromatic nitrogens is 3. The van der Waals surface area contributed by atoms with Crippen molar-refractivity contribution >= 4 is 32.5 Å². The van der Waals surface area contributed by atoms with E-state index in [1.165, 1.54) is 12.3 Å². The van der Waals surface area contributed by atoms with Gasteiger partial charge in [-0.25, -0.2) is 17.8 Å². The zero-order valence-corrected chi connectivity index (χ0v) is 20.3. The summed E-state index contributed by atoms with van der Waals surface area (Å²) in [5, 5.41) is 3.47. The normalized spacial score (nSPS) is 11.5. The Kier molecular flexibility index (Phi) is 6.49. The van der Waals surface area contributed by atoms with Crippen molar-refractivity contribution in [2.75, 3.05) is 12.0 Å². The molecule has 3 heterocycles. The monoisotopic (exact) mass is 493 g/mol. The molecule has 3 aromatic heterocycles. The summed E-state index contributed by atoms with van der Waals surface area (Å²) < 4.78 is 38.5. The second-order valence-electron chi connectivity index (χ2n) is 8.45. The van der Waals surface area contributed by atoms with Gasteiger partial charge in [-0.15, -0.1) is 0 Å². The third-order valence-electron chi connectivity index (χ3n) is 5.55. The van der Waals surface area contributed by atoms with Gasteiger partial charge in [0, 0.05) is 54.0 Å². The Hall–Kier alpha value is -3.92. The Morgan fingerprint density at radius 1 is 1.11 bits per heavy atom. The standard InChI is InChI=1S/C25H24FN5O3S/c1-14-6-18-7-16(9-22(35(3,33)34)23(18)29-12-14)8-20-10-17(4-5-28-20)25(32)30-13-19-11-21(26)24(27)31-15(19)2/h4-7,9-12H,8,13H2,1-3H3,(H2,27,31)(H,30,32). The van der Waals surface area contributed by atoms with Gasteiger partial charge < -0.3 is 11.1 Å². The van der Waals surface area contributed by atoms with Crippen LogP contribution >= 0.6 is 0 Å². The number of nitrogens with two attached hydrogens (primary N) is 1. The first-order valence-corrected chi connectivity index (χ1v) is 12.6. The van der Waals surface area contributed by atoms with Gasteiger partial charge in [0.1, 0.15) is 0 Å². The molecule has 0 aliphatic carbocycles. The number of halogens is 1. The highest BCUT2D eigenvalue weighted by atomic mass is 32.2. The number of nitrogens with zero attached hydrogens (tertiary/aromatic N) is 3. The lowest BCUT2D eigenvalue weighted by Crippen LogP contribution is -2.24. The Morgan fingerprint density at radius 2 is 1.89 bits per heavy atom. The summed E-state index contributed by atoms with van der Waals surface area (Å²) in [5.41, 5.74) is 9.55. The Morgan fingerprint density at radius 3 is 2.63 bits per heavy atom. The second-order valence-corrected chi connectivity index (χ2v) is 10.4. The number of nitrogens with one attached hydrogen (secondary N) is 1. The van der Waals surface area contributed by atoms with Crippen molar-refractivity contribution in [2.24, 2.45) is 0 Å². The highest BCUT2D eigenvalue weighted by Gasteiger charge is 2.16. The molecule has 4 aromatic rings. The predicted octanol–water partition coefficient (Wildman–Crippen LogP) is 3.29. The van der Waals surface area contributed by atoms with E-state index in [4.69, 9.17) is 5.73 Å². The highest BCUT2D eigenvalue weighted by Crippen LogP contribution is 2.25. The van der Waals surface area contributed by atoms with Crippen molar-refractivity contribution in [1.82, 2.24) is 20.3 Å². The molecule has 180 valence electrons. The Labute approximate surface area is 202 Å². The molecule has 35 heavy (non-hydrogen) atoms. The minimum absolute atomic E-state index is 0.0846. The van der Waals surface area contributed by atoms with E-state index < -0.39 is 15.7 Å². The number of aryl methyl sites for hydroxylation is 2. The number of hydrogen-bond acceptors (Lipinski definition) is 7. The minimum atomic E-state index is -3.51. The van der Waals surface area contributed by atoms with Crippen molar-refractivity contribution in [1.29, 1.82) is 0 Å². The summed E-state index contributed by atoms with van der Waals surface area (Å²) in [6, 6.07) is 9.83. The van der Waals surface area contributed by atoms with Crippen LogP contribution < -0.4 is 11.1 Å². The molecule has 0 saturated heterocycles. The molecule has 0 spiro atoms. The van der Waals surface area contributed by atoms with E-state index in [-0.39, 0.29) is 23.2 Å². The minimum Gasteiger partial charge on any atom is -0.381 e. The number of benzene rings is 1. The molecule has 4 rings (SSSR count). The number of nitrogen functional groups attached to an aromatic ring is 1. The fourth-order valence-corrected chi connectivity index (χ4v) is 4.68. The number of rotatable bonds is 6. The van der Waals surface area contributed by atoms with Gasteiger partial charge in [-0.3, -0.25) is 14.8 Å². The highest BCUT2D eigenvalue weighted by molar-refractivity contribution is 7.91. The van der Waals surface area contributed by atoms with E-state index in [9.17, 15) is 17.6 Å². The number of carbonyl (C=O) groups excluding carboxylic acids is 1. The molecule has 3 N–H and O–H groups in total. The van der Waals surface area contributed by atoms with E-state index in [1.807, 2.05) is 19.1 Å². The average molecular weight is 494 g/mol. The van der Waals surface area contributed by atoms with Crippen molar-refractivity contribution < 1.29 is 17.6 Å². The number of hydrogen-bond donors (Lipinski definition) is 2. The maximum atomic E-state index is 13.7. The maximum Gasteiger partial charge on any atom is 0.251 e. The Balaban J connectivity index is 1.58. The Bertz CT molecular complexity index is 1570. The van der Waals surface area contributed by atoms with E-state index in [0.29, 0.717) is 34.5 Å². The smallest absolute Gasteiger partial charge is 0.251 e. The van der Waals surface area contributed by atoms with Gasteiger partial charge in [-0.2, -0.15) is 0 Å². The van der Waals surface area contributed by atoms with Gasteiger partial charge in [-0.1, -0.05) is 0 Å². The molecule has 1 amide bonds. The number of pyridine rings is 3. The molecular weight excluding hydrogens is 469 g/mol. The summed E-state index contributed by atoms with van der Waals surface area (Å²) in [6.07, 6.45) is 4.63. The van der Waals surface area contributed by atoms with Crippen molar-refractivity contribution in [3.8, 4) is 0 Å². The van der Waals surface area contributed by atoms with Gasteiger partial charge in [0.05, 0.1) is 10.4 Å². The number of fused-ring (bicyclic) bond motifs is 1. The van der Waals surface area contributed by atoms with Crippen molar-refractivity contribution in [3.63, 3.8) is 0 Å². The van der Waals surface area contributed by atoms with Crippen molar-refractivity contribution in [2.45, 2.75) is 31.7 Å². The lowest BCUT2D eigenvalue weighted by Gasteiger charge is -2.11. The summed E-state index contributed by atoms with van der Waals surface area (Å²) >= 11 is 0. The zero-order chi connectivity index (χ0) is 25.3. The van der Waals surface area contributed by atoms with E-state index in [2.05, 4.69) is 20.3 Å². The first kappa shape index (κ1) is 24.2. The molecule has 0 atom stereocenters. The lowest BCUT2D eigenvalue weighted by atomic mass is 10.0. The quantitative estimate of drug-likeness (QED) is 0.422. The third-order valence-corrected chi connectivity index (χ3v) is 6.66. The fourth-order valence-electron chi connectivity index (χ4n) is 3.79. The predicted molar refractivity (Wildman–Crippen MR) is 131 cm³/mol. The molecule has 0 fully saturated rings. The van der Waals surface area contributed by atoms with Gasteiger partial charge in [0.15, 0.2) is 21.5 Å². The van der Waals surface area contributed by atoms with Crippen LogP contribution in [0, 0.1) is 19.7 Å². The molecular formula is C25H24FN5O3S. The van der Waals surface area contributed by atoms with Gasteiger partial charge in [0.25, 0.3) is 5.91 Å². The first-order chi connectivity index (χ1) is 16.5. The van der Waals surface area contributed by atoms with Crippen LogP contribution in [0.1, 0.15) is 38.4 Å². The van der Waals surface area contributed by atoms with E-state index in [1.54, 1.807) is 31.3 Å². The van der Waals surface area contributed by atoms with Crippen LogP contribution in [0.4, 0.5) is 10.2 Å². The SMILES string of the molecule is Cc1cnc2c(S(C)(=O)=O)cc(Cc3cc(C(=O)NCc4cc(F)c(N)nc4C)ccn3)cc2c1. The van der Waals surface area contributed by atoms with Crippen LogP contribution in [0.25, 0.3) is 10.9 Å². The largest absolute Gasteiger partial charge is 0.381 e. The molecule has 0 aliphatic rings. The number of amides is 1. The molecule has 8 nitrogen and oxygen atoms in total. The van der Waals surface area contributed by atoms with Crippen LogP contribution in [0.3, 0.4) is 0 Å². The van der Waals surface area contributed by atoms with E-state index in [0.717, 1.165) is 22.8 Å². The molecule has 0 unspecified atom stereocenters. The summed E-state index contributed by atoms with van der Waals surface area (Å²) in [4.78, 5) is 25.5. The second kappa shape index (κ2) is 9.38. The van der Waals surface area contributed by atoms with Gasteiger partial charge in [0.2, 0.25) is 0 Å². The number of sulfone groups is 1. The molecule has 0 bridgehead atoms. The van der Waals surface area contributed by atoms with Crippen LogP contribution in [-0.2, 0) is 22.8 Å². The molecule has 10 heteroatoms. The van der Waals surface area contributed by atoms with Crippen molar-refractivity contribution in [3.05, 3.63) is 88.3 Å². The van der Waals surface area contributed by atoms with Crippen LogP contribution in [0.15, 0.2) is 53.7 Å². The van der Waals surface area contributed by atoms with Gasteiger partial charge in [-0.05, 0) is 66.9 Å². The first-order valence-electron chi connectivity index (χ1n) is 10.7. The molecule has 1 aromatic carbocycles. The summed E-state index contributed by atoms with van der Waals surface area (Å²) in [7, 11) is -3.51. The van der Waals surface area contributed by atoms with E-state index >= 15 is 0 Å². The average Bonchev–Trinajstić information content (AvgIpc) is 2.79. The fraction of sp³-hybridized carbons (Fsp3) is 0.200. The molecule has 0 aliphatic heterocycles. The zero-order valence-electron chi connectivity index (χ0n) is 19.5. The summed E-state index contributed by atoms with van der Waals surface area (Å²) in [5.74, 6) is -1.18. The third kappa shape index (κ3) is 5.43. The molecule has 0 saturated carbocycles. The summed E-state index contributed by atoms with van der Waals surface area (Å²) in [6.45, 7) is 3.66. The maximum absolute atomic E-state index is 13.7. The van der Waals surface area contributed by atoms with Crippen LogP contribution in [0.5, 0.6) is 0 Å². The lowest BCUT2D eigenvalue weighted by molar-refractivity contribution is 0.0950. The van der Waals surface area contributed by atoms with Crippen LogP contribution in [-0.4, -0.2) is 35.5 Å². The number of anilines is 1. The topological polar surface area (TPSA) is 128 Å². The molecule has 0 radical (unpaired) electrons. The number of carbonyl (C=O) groups is 1. The van der Waals surface area contributed by atoms with Gasteiger partial charge >= 0.3 is 0 Å². The van der Waals surface area contributed by atoms with Crippen LogP contribution in [0.2, 0.25) is 0 Å².